The summed E-state index contributed by atoms with van der Waals surface area (Å²) in [6.07, 6.45) is 3.66. The van der Waals surface area contributed by atoms with Crippen molar-refractivity contribution in [3.63, 3.8) is 0 Å². The number of fused-ring (bicyclic) bond motifs is 4. The Morgan fingerprint density at radius 1 is 1.00 bits per heavy atom. The van der Waals surface area contributed by atoms with Crippen LogP contribution in [0.4, 0.5) is 5.95 Å². The van der Waals surface area contributed by atoms with Gasteiger partial charge in [0.25, 0.3) is 15.9 Å². The number of sulfonamides is 1. The zero-order chi connectivity index (χ0) is 31.9. The molecule has 11 heteroatoms. The van der Waals surface area contributed by atoms with E-state index in [0.717, 1.165) is 55.5 Å². The molecule has 3 aromatic rings. The Kier molecular flexibility index (Phi) is 8.87. The lowest BCUT2D eigenvalue weighted by atomic mass is 9.81. The Bertz CT molecular complexity index is 1640. The molecular weight excluding hydrogens is 590 g/mol. The average Bonchev–Trinajstić information content (AvgIpc) is 2.97. The summed E-state index contributed by atoms with van der Waals surface area (Å²) in [6, 6.07) is 14.0. The fourth-order valence-corrected chi connectivity index (χ4v) is 7.96. The molecule has 6 rings (SSSR count). The molecule has 1 aromatic heterocycles. The second-order valence-corrected chi connectivity index (χ2v) is 14.9. The van der Waals surface area contributed by atoms with E-state index < -0.39 is 10.0 Å². The Hall–Kier alpha value is -3.54. The van der Waals surface area contributed by atoms with Crippen molar-refractivity contribution in [2.75, 3.05) is 24.4 Å². The van der Waals surface area contributed by atoms with Crippen LogP contribution in [0.2, 0.25) is 0 Å². The third-order valence-electron chi connectivity index (χ3n) is 9.35. The quantitative estimate of drug-likeness (QED) is 0.411. The van der Waals surface area contributed by atoms with Crippen LogP contribution in [0.1, 0.15) is 67.4 Å². The van der Waals surface area contributed by atoms with Gasteiger partial charge in [0.05, 0.1) is 22.7 Å². The third kappa shape index (κ3) is 6.71. The zero-order valence-corrected chi connectivity index (χ0v) is 27.3. The molecule has 3 aliphatic rings. The first-order valence-electron chi connectivity index (χ1n) is 15.9. The molecule has 2 fully saturated rings. The predicted molar refractivity (Wildman–Crippen MR) is 173 cm³/mol. The van der Waals surface area contributed by atoms with Gasteiger partial charge in [0.15, 0.2) is 0 Å². The van der Waals surface area contributed by atoms with Crippen molar-refractivity contribution in [2.24, 2.45) is 5.92 Å². The van der Waals surface area contributed by atoms with Gasteiger partial charge >= 0.3 is 0 Å². The second-order valence-electron chi connectivity index (χ2n) is 13.2. The molecule has 240 valence electrons. The molecule has 2 aliphatic heterocycles. The number of carbonyl (C=O) groups excluding carboxylic acids is 1. The number of benzene rings is 2. The molecule has 2 N–H and O–H groups in total. The lowest BCUT2D eigenvalue weighted by Crippen LogP contribution is -2.60. The van der Waals surface area contributed by atoms with Crippen molar-refractivity contribution in [1.82, 2.24) is 19.8 Å². The van der Waals surface area contributed by atoms with Gasteiger partial charge in [0, 0.05) is 42.4 Å². The largest absolute Gasteiger partial charge is 0.475 e. The number of aromatic nitrogens is 2. The number of anilines is 1. The molecule has 1 saturated heterocycles. The Morgan fingerprint density at radius 3 is 2.38 bits per heavy atom. The van der Waals surface area contributed by atoms with Crippen molar-refractivity contribution < 1.29 is 23.1 Å². The van der Waals surface area contributed by atoms with Gasteiger partial charge in [-0.2, -0.15) is 4.98 Å². The van der Waals surface area contributed by atoms with Gasteiger partial charge in [-0.25, -0.2) is 18.1 Å². The minimum Gasteiger partial charge on any atom is -0.475 e. The number of hydrogen-bond donors (Lipinski definition) is 2. The monoisotopic (exact) mass is 633 g/mol. The van der Waals surface area contributed by atoms with Crippen molar-refractivity contribution in [3.05, 3.63) is 65.2 Å². The van der Waals surface area contributed by atoms with E-state index in [0.29, 0.717) is 23.7 Å². The Labute approximate surface area is 265 Å². The first-order valence-corrected chi connectivity index (χ1v) is 17.4. The number of nitrogens with zero attached hydrogens (tertiary/aromatic N) is 4. The fraction of sp³-hybridized carbons (Fsp3) is 0.500. The van der Waals surface area contributed by atoms with Gasteiger partial charge in [-0.15, -0.1) is 0 Å². The van der Waals surface area contributed by atoms with E-state index in [-0.39, 0.29) is 53.3 Å². The zero-order valence-electron chi connectivity index (χ0n) is 26.4. The predicted octanol–water partition coefficient (Wildman–Crippen LogP) is 4.80. The van der Waals surface area contributed by atoms with Crippen molar-refractivity contribution >= 4 is 21.9 Å². The summed E-state index contributed by atoms with van der Waals surface area (Å²) in [6.45, 7) is 10.2. The molecule has 1 amide bonds. The van der Waals surface area contributed by atoms with Crippen LogP contribution in [0.3, 0.4) is 0 Å². The van der Waals surface area contributed by atoms with Gasteiger partial charge in [0.1, 0.15) is 6.61 Å². The number of aryl methyl sites for hydroxylation is 2. The van der Waals surface area contributed by atoms with Crippen LogP contribution in [0.15, 0.2) is 53.4 Å². The standard InChI is InChI=1S/C34H43N5O5S/c1-21(2)15-27-20-44-31-19-30(32-22(3)7-5-8-23(32)4)35-34(36-31)37-45(42,43)29-10-6-9-24(16-29)33(41)39(27)26-17-25(18-26)38-13-11-28(40)12-14-38/h5-10,16,19,21,25-28,40H,11-15,17-18,20H2,1-4H3,(H,35,36,37)/t25-,26+,27-/m1/s1. The first kappa shape index (κ1) is 31.4. The van der Waals surface area contributed by atoms with E-state index in [2.05, 4.69) is 33.4 Å². The number of carbonyl (C=O) groups is 1. The minimum absolute atomic E-state index is 0.0173. The number of amides is 1. The summed E-state index contributed by atoms with van der Waals surface area (Å²) in [4.78, 5) is 27.8. The lowest BCUT2D eigenvalue weighted by molar-refractivity contribution is -0.0193. The highest BCUT2D eigenvalue weighted by molar-refractivity contribution is 7.92. The van der Waals surface area contributed by atoms with Gasteiger partial charge in [0.2, 0.25) is 11.8 Å². The summed E-state index contributed by atoms with van der Waals surface area (Å²) in [5.74, 6) is 0.230. The number of hydrogen-bond acceptors (Lipinski definition) is 8. The molecule has 4 bridgehead atoms. The average molecular weight is 634 g/mol. The summed E-state index contributed by atoms with van der Waals surface area (Å²) in [5.41, 5.74) is 3.75. The first-order chi connectivity index (χ1) is 21.5. The van der Waals surface area contributed by atoms with Crippen LogP contribution in [-0.4, -0.2) is 83.1 Å². The summed E-state index contributed by atoms with van der Waals surface area (Å²) < 4.78 is 36.1. The van der Waals surface area contributed by atoms with E-state index in [1.54, 1.807) is 18.2 Å². The van der Waals surface area contributed by atoms with Gasteiger partial charge < -0.3 is 19.6 Å². The minimum atomic E-state index is -4.12. The lowest BCUT2D eigenvalue weighted by Gasteiger charge is -2.51. The molecule has 45 heavy (non-hydrogen) atoms. The van der Waals surface area contributed by atoms with Crippen LogP contribution in [0.25, 0.3) is 11.3 Å². The highest BCUT2D eigenvalue weighted by Crippen LogP contribution is 2.36. The van der Waals surface area contributed by atoms with Gasteiger partial charge in [-0.3, -0.25) is 4.79 Å². The number of piperidine rings is 1. The number of aliphatic hydroxyl groups is 1. The maximum atomic E-state index is 14.4. The third-order valence-corrected chi connectivity index (χ3v) is 10.7. The Morgan fingerprint density at radius 2 is 1.69 bits per heavy atom. The normalized spacial score (nSPS) is 24.1. The van der Waals surface area contributed by atoms with Crippen LogP contribution in [-0.2, 0) is 10.0 Å². The van der Waals surface area contributed by atoms with Crippen LogP contribution < -0.4 is 9.46 Å². The second kappa shape index (κ2) is 12.7. The van der Waals surface area contributed by atoms with E-state index >= 15 is 0 Å². The number of rotatable bonds is 5. The summed E-state index contributed by atoms with van der Waals surface area (Å²) in [5, 5.41) is 9.99. The van der Waals surface area contributed by atoms with Crippen LogP contribution in [0, 0.1) is 19.8 Å². The van der Waals surface area contributed by atoms with E-state index in [4.69, 9.17) is 4.74 Å². The molecule has 1 atom stereocenters. The highest BCUT2D eigenvalue weighted by Gasteiger charge is 2.43. The van der Waals surface area contributed by atoms with E-state index in [1.807, 2.05) is 36.9 Å². The van der Waals surface area contributed by atoms with Crippen LogP contribution in [0.5, 0.6) is 5.88 Å². The molecule has 1 aliphatic carbocycles. The molecule has 10 nitrogen and oxygen atoms in total. The van der Waals surface area contributed by atoms with Crippen LogP contribution >= 0.6 is 0 Å². The Balaban J connectivity index is 1.40. The van der Waals surface area contributed by atoms with E-state index in [1.165, 1.54) is 12.1 Å². The van der Waals surface area contributed by atoms with Crippen molar-refractivity contribution in [1.29, 1.82) is 0 Å². The fourth-order valence-electron chi connectivity index (χ4n) is 6.97. The number of aliphatic hydroxyl groups excluding tert-OH is 1. The SMILES string of the molecule is Cc1cccc(C)c1-c1cc2nc(n1)NS(=O)(=O)c1cccc(c1)C(=O)N([C@H]1C[C@@H](N3CCC(O)CC3)C1)[C@H](CC(C)C)CO2. The van der Waals surface area contributed by atoms with Crippen molar-refractivity contribution in [2.45, 2.75) is 88.9 Å². The van der Waals surface area contributed by atoms with E-state index in [9.17, 15) is 18.3 Å². The molecule has 3 heterocycles. The van der Waals surface area contributed by atoms with Gasteiger partial charge in [-0.05, 0) is 81.2 Å². The highest BCUT2D eigenvalue weighted by atomic mass is 32.2. The molecule has 1 saturated carbocycles. The number of ether oxygens (including phenoxy) is 1. The molecule has 0 unspecified atom stereocenters. The molecule has 0 radical (unpaired) electrons. The molecule has 2 aromatic carbocycles. The smallest absolute Gasteiger partial charge is 0.264 e. The number of nitrogens with one attached hydrogen (secondary N) is 1. The summed E-state index contributed by atoms with van der Waals surface area (Å²) in [7, 11) is -4.12. The maximum absolute atomic E-state index is 14.4. The number of likely N-dealkylation sites (tertiary alicyclic amines) is 1. The summed E-state index contributed by atoms with van der Waals surface area (Å²) >= 11 is 0. The van der Waals surface area contributed by atoms with Gasteiger partial charge in [-0.1, -0.05) is 38.1 Å². The molecular formula is C34H43N5O5S. The topological polar surface area (TPSA) is 125 Å². The van der Waals surface area contributed by atoms with Crippen molar-refractivity contribution in [3.8, 4) is 17.1 Å². The maximum Gasteiger partial charge on any atom is 0.264 e. The molecule has 0 spiro atoms.